The molecule has 3 heterocycles. The average Bonchev–Trinajstić information content (AvgIpc) is 3.26. The summed E-state index contributed by atoms with van der Waals surface area (Å²) in [5.41, 5.74) is 2.13. The number of nitrogens with zero attached hydrogens (tertiary/aromatic N) is 3. The third-order valence-corrected chi connectivity index (χ3v) is 4.20. The molecule has 4 rings (SSSR count). The molecule has 0 saturated carbocycles. The number of anilines is 1. The molecule has 28 heavy (non-hydrogen) atoms. The molecule has 0 aliphatic heterocycles. The van der Waals surface area contributed by atoms with E-state index in [9.17, 15) is 9.18 Å². The molecule has 0 atom stereocenters. The third-order valence-electron chi connectivity index (χ3n) is 4.20. The van der Waals surface area contributed by atoms with Gasteiger partial charge in [0.15, 0.2) is 11.4 Å². The first-order chi connectivity index (χ1) is 13.5. The van der Waals surface area contributed by atoms with Gasteiger partial charge < -0.3 is 14.5 Å². The Morgan fingerprint density at radius 1 is 1.25 bits per heavy atom. The number of aryl methyl sites for hydroxylation is 2. The van der Waals surface area contributed by atoms with Gasteiger partial charge in [-0.3, -0.25) is 9.48 Å². The van der Waals surface area contributed by atoms with E-state index < -0.39 is 5.91 Å². The van der Waals surface area contributed by atoms with E-state index in [1.54, 1.807) is 23.0 Å². The molecule has 0 unspecified atom stereocenters. The van der Waals surface area contributed by atoms with Crippen LogP contribution in [0.15, 0.2) is 53.1 Å². The molecule has 1 N–H and O–H groups in total. The van der Waals surface area contributed by atoms with Gasteiger partial charge in [0.2, 0.25) is 0 Å². The van der Waals surface area contributed by atoms with Gasteiger partial charge in [-0.1, -0.05) is 0 Å². The number of amides is 1. The normalized spacial score (nSPS) is 11.0. The standard InChI is InChI=1S/C20H17FN4O3/c1-12-17-9-14(10-22-19(17)25(2)24-12)23-20(26)18-8-7-16(28-18)11-27-15-5-3-13(21)4-6-15/h3-10H,11H2,1-2H3,(H,23,26). The van der Waals surface area contributed by atoms with Gasteiger partial charge in [0.1, 0.15) is 23.9 Å². The summed E-state index contributed by atoms with van der Waals surface area (Å²) in [5, 5.41) is 7.94. The number of hydrogen-bond donors (Lipinski definition) is 1. The summed E-state index contributed by atoms with van der Waals surface area (Å²) in [4.78, 5) is 16.8. The molecule has 8 heteroatoms. The molecule has 142 valence electrons. The number of ether oxygens (including phenoxy) is 1. The van der Waals surface area contributed by atoms with E-state index in [0.29, 0.717) is 17.2 Å². The van der Waals surface area contributed by atoms with Crippen LogP contribution in [0.25, 0.3) is 11.0 Å². The Bertz CT molecular complexity index is 1150. The van der Waals surface area contributed by atoms with Gasteiger partial charge in [0.05, 0.1) is 17.6 Å². The summed E-state index contributed by atoms with van der Waals surface area (Å²) in [7, 11) is 1.82. The van der Waals surface area contributed by atoms with Crippen molar-refractivity contribution in [3.63, 3.8) is 0 Å². The van der Waals surface area contributed by atoms with Crippen molar-refractivity contribution < 1.29 is 18.3 Å². The summed E-state index contributed by atoms with van der Waals surface area (Å²) in [6.45, 7) is 2.01. The molecule has 7 nitrogen and oxygen atoms in total. The van der Waals surface area contributed by atoms with Crippen LogP contribution < -0.4 is 10.1 Å². The van der Waals surface area contributed by atoms with E-state index >= 15 is 0 Å². The maximum Gasteiger partial charge on any atom is 0.291 e. The van der Waals surface area contributed by atoms with E-state index in [1.165, 1.54) is 24.3 Å². The van der Waals surface area contributed by atoms with E-state index in [1.807, 2.05) is 20.0 Å². The van der Waals surface area contributed by atoms with Crippen LogP contribution in [0, 0.1) is 12.7 Å². The monoisotopic (exact) mass is 380 g/mol. The smallest absolute Gasteiger partial charge is 0.291 e. The SMILES string of the molecule is Cc1nn(C)c2ncc(NC(=O)c3ccc(COc4ccc(F)cc4)o3)cc12. The largest absolute Gasteiger partial charge is 0.486 e. The zero-order valence-electron chi connectivity index (χ0n) is 15.3. The maximum absolute atomic E-state index is 12.9. The van der Waals surface area contributed by atoms with E-state index in [2.05, 4.69) is 15.4 Å². The second-order valence-electron chi connectivity index (χ2n) is 6.27. The predicted octanol–water partition coefficient (Wildman–Crippen LogP) is 3.84. The van der Waals surface area contributed by atoms with Crippen LogP contribution in [0.4, 0.5) is 10.1 Å². The molecule has 0 fully saturated rings. The predicted molar refractivity (Wildman–Crippen MR) is 101 cm³/mol. The van der Waals surface area contributed by atoms with E-state index in [4.69, 9.17) is 9.15 Å². The van der Waals surface area contributed by atoms with Gasteiger partial charge in [-0.2, -0.15) is 5.10 Å². The quantitative estimate of drug-likeness (QED) is 0.569. The van der Waals surface area contributed by atoms with Gasteiger partial charge in [-0.15, -0.1) is 0 Å². The molecule has 0 aliphatic rings. The molecule has 0 aliphatic carbocycles. The van der Waals surface area contributed by atoms with Crippen molar-refractivity contribution in [3.05, 3.63) is 71.7 Å². The number of nitrogens with one attached hydrogen (secondary N) is 1. The van der Waals surface area contributed by atoms with Crippen LogP contribution in [0.2, 0.25) is 0 Å². The van der Waals surface area contributed by atoms with Gasteiger partial charge in [-0.05, 0) is 49.4 Å². The topological polar surface area (TPSA) is 82.2 Å². The van der Waals surface area contributed by atoms with Crippen LogP contribution in [0.1, 0.15) is 22.0 Å². The second-order valence-corrected chi connectivity index (χ2v) is 6.27. The summed E-state index contributed by atoms with van der Waals surface area (Å²) in [6, 6.07) is 10.7. The molecular formula is C20H17FN4O3. The van der Waals surface area contributed by atoms with Crippen molar-refractivity contribution in [1.29, 1.82) is 0 Å². The highest BCUT2D eigenvalue weighted by Gasteiger charge is 2.14. The number of halogens is 1. The lowest BCUT2D eigenvalue weighted by Crippen LogP contribution is -2.11. The zero-order valence-corrected chi connectivity index (χ0v) is 15.3. The first-order valence-electron chi connectivity index (χ1n) is 8.57. The Morgan fingerprint density at radius 3 is 2.82 bits per heavy atom. The van der Waals surface area contributed by atoms with Crippen molar-refractivity contribution in [2.75, 3.05) is 5.32 Å². The highest BCUT2D eigenvalue weighted by molar-refractivity contribution is 6.03. The Hall–Kier alpha value is -3.68. The fraction of sp³-hybridized carbons (Fsp3) is 0.150. The lowest BCUT2D eigenvalue weighted by Gasteiger charge is -2.04. The van der Waals surface area contributed by atoms with Crippen molar-refractivity contribution >= 4 is 22.6 Å². The van der Waals surface area contributed by atoms with E-state index in [0.717, 1.165) is 16.7 Å². The number of furan rings is 1. The van der Waals surface area contributed by atoms with Gasteiger partial charge in [-0.25, -0.2) is 9.37 Å². The molecule has 3 aromatic heterocycles. The number of carbonyl (C=O) groups excluding carboxylic acids is 1. The fourth-order valence-electron chi connectivity index (χ4n) is 2.83. The molecule has 0 radical (unpaired) electrons. The number of carbonyl (C=O) groups is 1. The minimum absolute atomic E-state index is 0.126. The van der Waals surface area contributed by atoms with Crippen LogP contribution in [0.3, 0.4) is 0 Å². The average molecular weight is 380 g/mol. The first kappa shape index (κ1) is 17.7. The van der Waals surface area contributed by atoms with Gasteiger partial charge in [0.25, 0.3) is 5.91 Å². The zero-order chi connectivity index (χ0) is 19.7. The molecule has 0 saturated heterocycles. The Labute approximate surface area is 159 Å². The maximum atomic E-state index is 12.9. The van der Waals surface area contributed by atoms with Crippen molar-refractivity contribution in [1.82, 2.24) is 14.8 Å². The first-order valence-corrected chi connectivity index (χ1v) is 8.57. The molecule has 0 bridgehead atoms. The lowest BCUT2D eigenvalue weighted by atomic mass is 10.2. The number of rotatable bonds is 5. The number of aromatic nitrogens is 3. The van der Waals surface area contributed by atoms with Crippen LogP contribution >= 0.6 is 0 Å². The van der Waals surface area contributed by atoms with E-state index in [-0.39, 0.29) is 18.2 Å². The minimum atomic E-state index is -0.393. The fourth-order valence-corrected chi connectivity index (χ4v) is 2.83. The van der Waals surface area contributed by atoms with Crippen LogP contribution in [0.5, 0.6) is 5.75 Å². The van der Waals surface area contributed by atoms with Crippen LogP contribution in [-0.4, -0.2) is 20.7 Å². The molecule has 4 aromatic rings. The second kappa shape index (κ2) is 7.15. The van der Waals surface area contributed by atoms with Gasteiger partial charge in [0, 0.05) is 12.4 Å². The summed E-state index contributed by atoms with van der Waals surface area (Å²) in [5.74, 6) is 0.413. The number of fused-ring (bicyclic) bond motifs is 1. The highest BCUT2D eigenvalue weighted by atomic mass is 19.1. The van der Waals surface area contributed by atoms with Crippen molar-refractivity contribution in [2.45, 2.75) is 13.5 Å². The Morgan fingerprint density at radius 2 is 2.04 bits per heavy atom. The minimum Gasteiger partial charge on any atom is -0.486 e. The Balaban J connectivity index is 1.42. The highest BCUT2D eigenvalue weighted by Crippen LogP contribution is 2.20. The molecule has 1 aromatic carbocycles. The Kier molecular flexibility index (Phi) is 4.52. The molecular weight excluding hydrogens is 363 g/mol. The number of benzene rings is 1. The summed E-state index contributed by atoms with van der Waals surface area (Å²) in [6.07, 6.45) is 1.57. The summed E-state index contributed by atoms with van der Waals surface area (Å²) < 4.78 is 25.6. The van der Waals surface area contributed by atoms with Gasteiger partial charge >= 0.3 is 0 Å². The molecule has 1 amide bonds. The number of hydrogen-bond acceptors (Lipinski definition) is 5. The van der Waals surface area contributed by atoms with Crippen LogP contribution in [-0.2, 0) is 13.7 Å². The van der Waals surface area contributed by atoms with Crippen molar-refractivity contribution in [2.24, 2.45) is 7.05 Å². The molecule has 0 spiro atoms. The third kappa shape index (κ3) is 3.57. The lowest BCUT2D eigenvalue weighted by molar-refractivity contribution is 0.0992. The number of pyridine rings is 1. The summed E-state index contributed by atoms with van der Waals surface area (Å²) >= 11 is 0. The van der Waals surface area contributed by atoms with Crippen molar-refractivity contribution in [3.8, 4) is 5.75 Å².